The highest BCUT2D eigenvalue weighted by Crippen LogP contribution is 2.71. The summed E-state index contributed by atoms with van der Waals surface area (Å²) in [7, 11) is 0. The van der Waals surface area contributed by atoms with E-state index in [1.807, 2.05) is 61.2 Å². The molecule has 2 atom stereocenters. The lowest BCUT2D eigenvalue weighted by molar-refractivity contribution is -0.241. The average molecular weight is 842 g/mol. The average Bonchev–Trinajstić information content (AvgIpc) is 3.63. The lowest BCUT2D eigenvalue weighted by atomic mass is 9.39. The van der Waals surface area contributed by atoms with E-state index in [1.165, 1.54) is 12.6 Å². The Morgan fingerprint density at radius 3 is 2.51 bits per heavy atom. The number of aromatic hydroxyl groups is 1. The van der Waals surface area contributed by atoms with Crippen molar-refractivity contribution >= 4 is 61.4 Å². The van der Waals surface area contributed by atoms with Crippen molar-refractivity contribution in [3.05, 3.63) is 94.8 Å². The van der Waals surface area contributed by atoms with Gasteiger partial charge in [0.25, 0.3) is 0 Å². The van der Waals surface area contributed by atoms with Gasteiger partial charge in [-0.1, -0.05) is 49.4 Å². The first kappa shape index (κ1) is 40.9. The molecule has 4 aliphatic carbocycles. The molecule has 0 spiro atoms. The van der Waals surface area contributed by atoms with Crippen LogP contribution in [0.1, 0.15) is 98.5 Å². The monoisotopic (exact) mass is 841 g/mol. The number of benzene rings is 2. The molecule has 0 amide bonds. The maximum Gasteiger partial charge on any atom is 0.355 e. The number of ether oxygens (including phenoxy) is 1. The maximum absolute atomic E-state index is 12.9. The Kier molecular flexibility index (Phi) is 10.6. The first-order chi connectivity index (χ1) is 29.3. The second-order valence-corrected chi connectivity index (χ2v) is 19.8. The van der Waals surface area contributed by atoms with E-state index in [-0.39, 0.29) is 33.3 Å². The number of hydrogen-bond acceptors (Lipinski definition) is 13. The van der Waals surface area contributed by atoms with Crippen molar-refractivity contribution in [1.82, 2.24) is 25.5 Å². The number of nitrogens with two attached hydrogens (primary N) is 1. The number of aromatic carboxylic acids is 1. The van der Waals surface area contributed by atoms with Gasteiger partial charge in [0.05, 0.1) is 22.4 Å². The number of aromatic nitrogens is 4. The molecular formula is C47H55N9O4S. The predicted molar refractivity (Wildman–Crippen MR) is 241 cm³/mol. The van der Waals surface area contributed by atoms with E-state index < -0.39 is 5.97 Å². The van der Waals surface area contributed by atoms with Crippen LogP contribution in [0.4, 0.5) is 22.6 Å². The zero-order valence-electron chi connectivity index (χ0n) is 35.4. The molecule has 61 heavy (non-hydrogen) atoms. The highest BCUT2D eigenvalue weighted by molar-refractivity contribution is 7.22. The van der Waals surface area contributed by atoms with Crippen molar-refractivity contribution in [3.63, 3.8) is 0 Å². The normalized spacial score (nSPS) is 25.9. The Balaban J connectivity index is 0.914. The smallest absolute Gasteiger partial charge is 0.355 e. The number of aliphatic imine (C=N–C) groups is 1. The highest BCUT2D eigenvalue weighted by Gasteiger charge is 2.66. The number of carboxylic acid groups (broad SMARTS) is 1. The molecule has 10 rings (SSSR count). The van der Waals surface area contributed by atoms with Crippen LogP contribution >= 0.6 is 11.3 Å². The second-order valence-electron chi connectivity index (χ2n) is 18.8. The molecule has 4 fully saturated rings. The number of phenols is 1. The fraction of sp³-hybridized carbons (Fsp3) is 0.447. The van der Waals surface area contributed by atoms with Crippen LogP contribution in [-0.2, 0) is 17.7 Å². The summed E-state index contributed by atoms with van der Waals surface area (Å²) in [5.74, 6) is 0.943. The molecule has 3 aromatic heterocycles. The van der Waals surface area contributed by atoms with Crippen LogP contribution in [0.3, 0.4) is 0 Å². The molecule has 4 bridgehead atoms. The molecule has 2 unspecified atom stereocenters. The number of phenolic OH excluding ortho intramolecular Hbond substituents is 1. The van der Waals surface area contributed by atoms with Crippen molar-refractivity contribution in [2.24, 2.45) is 27.0 Å². The van der Waals surface area contributed by atoms with Crippen LogP contribution in [0.2, 0.25) is 0 Å². The van der Waals surface area contributed by atoms with Crippen LogP contribution in [0.15, 0.2) is 71.9 Å². The number of pyridine rings is 1. The third-order valence-electron chi connectivity index (χ3n) is 13.4. The predicted octanol–water partition coefficient (Wildman–Crippen LogP) is 8.71. The molecule has 4 saturated carbocycles. The molecule has 14 heteroatoms. The van der Waals surface area contributed by atoms with Crippen molar-refractivity contribution in [2.45, 2.75) is 91.2 Å². The number of anilines is 4. The molecular weight excluding hydrogens is 787 g/mol. The van der Waals surface area contributed by atoms with Crippen LogP contribution in [0, 0.1) is 23.2 Å². The van der Waals surface area contributed by atoms with Crippen molar-refractivity contribution in [2.75, 3.05) is 36.5 Å². The van der Waals surface area contributed by atoms with Gasteiger partial charge < -0.3 is 36.2 Å². The first-order valence-corrected chi connectivity index (χ1v) is 22.2. The van der Waals surface area contributed by atoms with Gasteiger partial charge in [0.15, 0.2) is 22.5 Å². The second kappa shape index (κ2) is 15.8. The van der Waals surface area contributed by atoms with Crippen molar-refractivity contribution < 1.29 is 19.7 Å². The molecule has 13 nitrogen and oxygen atoms in total. The van der Waals surface area contributed by atoms with E-state index >= 15 is 0 Å². The van der Waals surface area contributed by atoms with E-state index in [4.69, 9.17) is 25.4 Å². The van der Waals surface area contributed by atoms with Gasteiger partial charge in [-0.2, -0.15) is 0 Å². The number of para-hydroxylation sites is 1. The van der Waals surface area contributed by atoms with Crippen molar-refractivity contribution in [1.29, 1.82) is 0 Å². The minimum atomic E-state index is -1.14. The zero-order chi connectivity index (χ0) is 42.6. The van der Waals surface area contributed by atoms with Gasteiger partial charge in [-0.15, -0.1) is 10.2 Å². The molecule has 0 radical (unpaired) electrons. The fourth-order valence-electron chi connectivity index (χ4n) is 12.0. The Morgan fingerprint density at radius 2 is 1.77 bits per heavy atom. The van der Waals surface area contributed by atoms with Gasteiger partial charge in [-0.3, -0.25) is 4.99 Å². The summed E-state index contributed by atoms with van der Waals surface area (Å²) in [6, 6.07) is 18.9. The molecule has 318 valence electrons. The van der Waals surface area contributed by atoms with Crippen LogP contribution in [-0.4, -0.2) is 73.9 Å². The Hall–Kier alpha value is -5.44. The summed E-state index contributed by atoms with van der Waals surface area (Å²) in [6.45, 7) is 12.1. The van der Waals surface area contributed by atoms with Crippen LogP contribution < -0.4 is 21.3 Å². The van der Waals surface area contributed by atoms with E-state index in [0.717, 1.165) is 90.1 Å². The molecule has 6 N–H and O–H groups in total. The molecule has 4 heterocycles. The minimum absolute atomic E-state index is 0.0268. The van der Waals surface area contributed by atoms with Crippen LogP contribution in [0.25, 0.3) is 15.8 Å². The van der Waals surface area contributed by atoms with Crippen molar-refractivity contribution in [3.8, 4) is 5.75 Å². The molecule has 2 aromatic carbocycles. The zero-order valence-corrected chi connectivity index (χ0v) is 36.2. The topological polar surface area (TPSA) is 184 Å². The summed E-state index contributed by atoms with van der Waals surface area (Å²) in [5, 5.41) is 37.0. The molecule has 5 aromatic rings. The Labute approximate surface area is 360 Å². The Morgan fingerprint density at radius 1 is 1.00 bits per heavy atom. The summed E-state index contributed by atoms with van der Waals surface area (Å²) in [5.41, 5.74) is 12.1. The van der Waals surface area contributed by atoms with E-state index in [2.05, 4.69) is 34.7 Å². The minimum Gasteiger partial charge on any atom is -0.508 e. The SMILES string of the molecule is CC(=NCC12CC3(C)CC(C)(C1)CC(OCCNCc1ccc(O)cc1)(C3)C2)C(=CN)c1ccc(N2CCCc3c2nnc(Nc2nc4ccccc4s2)c3C)nc1C(=O)O. The first-order valence-electron chi connectivity index (χ1n) is 21.3. The van der Waals surface area contributed by atoms with E-state index in [1.54, 1.807) is 29.5 Å². The number of hydrogen-bond donors (Lipinski definition) is 5. The third kappa shape index (κ3) is 8.08. The largest absolute Gasteiger partial charge is 0.508 e. The van der Waals surface area contributed by atoms with Gasteiger partial charge in [-0.25, -0.2) is 14.8 Å². The van der Waals surface area contributed by atoms with E-state index in [9.17, 15) is 15.0 Å². The molecule has 1 aliphatic heterocycles. The van der Waals surface area contributed by atoms with E-state index in [0.29, 0.717) is 54.0 Å². The number of carboxylic acids is 1. The summed E-state index contributed by atoms with van der Waals surface area (Å²) >= 11 is 1.57. The van der Waals surface area contributed by atoms with Gasteiger partial charge in [0.1, 0.15) is 11.6 Å². The third-order valence-corrected chi connectivity index (χ3v) is 14.3. The lowest BCUT2D eigenvalue weighted by Crippen LogP contribution is -2.64. The number of carbonyl (C=O) groups is 1. The fourth-order valence-corrected chi connectivity index (χ4v) is 12.9. The van der Waals surface area contributed by atoms with Gasteiger partial charge in [-0.05, 0) is 123 Å². The summed E-state index contributed by atoms with van der Waals surface area (Å²) in [4.78, 5) is 29.6. The maximum atomic E-state index is 12.9. The number of fused-ring (bicyclic) bond motifs is 2. The Bertz CT molecular complexity index is 2500. The van der Waals surface area contributed by atoms with Crippen LogP contribution in [0.5, 0.6) is 5.75 Å². The summed E-state index contributed by atoms with van der Waals surface area (Å²) < 4.78 is 7.99. The quantitative estimate of drug-likeness (QED) is 0.0530. The number of thiazole rings is 1. The number of nitrogens with zero attached hydrogens (tertiary/aromatic N) is 6. The van der Waals surface area contributed by atoms with Gasteiger partial charge >= 0.3 is 5.97 Å². The molecule has 5 aliphatic rings. The number of rotatable bonds is 14. The number of allylic oxidation sites excluding steroid dienone is 1. The number of nitrogens with one attached hydrogen (secondary N) is 2. The lowest BCUT2D eigenvalue weighted by Gasteiger charge is -2.69. The summed E-state index contributed by atoms with van der Waals surface area (Å²) in [6.07, 6.45) is 9.56. The standard InChI is InChI=1S/C47H55N9O4S/c1-29-33-8-7-18-56(41(33)55-54-40(29)53-43-51-36-9-5-6-10-37(36)61-43)38-16-15-34(39(52-38)42(58)59)35(20-48)30(2)50-28-46-23-44(3)22-45(4,24-46)26-47(25-44,27-46)60-19-17-49-21-31-11-13-32(57)14-12-31/h5-6,9-16,20,49,57H,7-8,17-19,21-28,48H2,1-4H3,(H,58,59)(H,51,53,54). The highest BCUT2D eigenvalue weighted by atomic mass is 32.1. The molecule has 0 saturated heterocycles. The van der Waals surface area contributed by atoms with Gasteiger partial charge in [0, 0.05) is 60.4 Å². The van der Waals surface area contributed by atoms with Gasteiger partial charge in [0.2, 0.25) is 0 Å².